The number of fused-ring (bicyclic) bond motifs is 1. The number of primary amides is 1. The van der Waals surface area contributed by atoms with Gasteiger partial charge in [-0.15, -0.1) is 0 Å². The molecule has 1 aliphatic heterocycles. The number of nitrogens with zero attached hydrogens (tertiary/aromatic N) is 3. The van der Waals surface area contributed by atoms with Crippen LogP contribution in [0.1, 0.15) is 56.0 Å². The molecule has 2 heterocycles. The predicted molar refractivity (Wildman–Crippen MR) is 113 cm³/mol. The van der Waals surface area contributed by atoms with Gasteiger partial charge in [-0.05, 0) is 37.1 Å². The van der Waals surface area contributed by atoms with E-state index in [0.717, 1.165) is 12.0 Å². The van der Waals surface area contributed by atoms with Crippen LogP contribution in [0.2, 0.25) is 0 Å². The van der Waals surface area contributed by atoms with E-state index in [2.05, 4.69) is 27.3 Å². The number of carbonyl (C=O) groups excluding carboxylic acids is 3. The van der Waals surface area contributed by atoms with Crippen LogP contribution in [0.3, 0.4) is 0 Å². The van der Waals surface area contributed by atoms with Gasteiger partial charge in [0.15, 0.2) is 5.69 Å². The maximum Gasteiger partial charge on any atom is 0.271 e. The quantitative estimate of drug-likeness (QED) is 0.365. The number of aromatic nitrogens is 3. The summed E-state index contributed by atoms with van der Waals surface area (Å²) in [5, 5.41) is 10.2. The summed E-state index contributed by atoms with van der Waals surface area (Å²) in [6.07, 6.45) is 2.07. The summed E-state index contributed by atoms with van der Waals surface area (Å²) in [6, 6.07) is 14.2. The summed E-state index contributed by atoms with van der Waals surface area (Å²) in [7, 11) is 0. The van der Waals surface area contributed by atoms with Crippen molar-refractivity contribution in [1.82, 2.24) is 20.3 Å². The predicted octanol–water partition coefficient (Wildman–Crippen LogP) is 2.39. The van der Waals surface area contributed by atoms with Crippen molar-refractivity contribution in [3.05, 3.63) is 70.9 Å². The number of amides is 3. The second-order valence-corrected chi connectivity index (χ2v) is 7.03. The van der Waals surface area contributed by atoms with Crippen molar-refractivity contribution in [1.29, 1.82) is 0 Å². The molecule has 0 unspecified atom stereocenters. The molecule has 8 nitrogen and oxygen atoms in total. The summed E-state index contributed by atoms with van der Waals surface area (Å²) in [5.74, 6) is 5.07. The number of unbranched alkanes of at least 4 members (excludes halogenated alkanes) is 2. The second kappa shape index (κ2) is 8.63. The molecule has 2 aromatic carbocycles. The monoisotopic (exact) mass is 413 g/mol. The Kier molecular flexibility index (Phi) is 5.58. The van der Waals surface area contributed by atoms with Crippen LogP contribution in [-0.4, -0.2) is 44.6 Å². The number of rotatable bonds is 6. The highest BCUT2D eigenvalue weighted by Gasteiger charge is 2.34. The third-order valence-corrected chi connectivity index (χ3v) is 4.96. The molecular formula is C23H19N5O3. The van der Waals surface area contributed by atoms with Crippen molar-refractivity contribution in [2.75, 3.05) is 6.54 Å². The van der Waals surface area contributed by atoms with Crippen LogP contribution >= 0.6 is 0 Å². The van der Waals surface area contributed by atoms with Crippen LogP contribution in [0.4, 0.5) is 0 Å². The highest BCUT2D eigenvalue weighted by Crippen LogP contribution is 2.23. The first kappa shape index (κ1) is 20.0. The molecule has 8 heteroatoms. The lowest BCUT2D eigenvalue weighted by atomic mass is 10.1. The topological polar surface area (TPSA) is 122 Å². The molecule has 0 fully saturated rings. The van der Waals surface area contributed by atoms with E-state index >= 15 is 0 Å². The number of aromatic amines is 1. The Bertz CT molecular complexity index is 1200. The molecule has 0 saturated heterocycles. The minimum atomic E-state index is -0.654. The number of carbonyl (C=O) groups is 3. The van der Waals surface area contributed by atoms with Gasteiger partial charge in [-0.1, -0.05) is 36.1 Å². The average Bonchev–Trinajstić information content (AvgIpc) is 3.36. The molecule has 0 spiro atoms. The van der Waals surface area contributed by atoms with E-state index in [1.165, 1.54) is 4.90 Å². The molecular weight excluding hydrogens is 394 g/mol. The van der Waals surface area contributed by atoms with E-state index in [-0.39, 0.29) is 17.5 Å². The van der Waals surface area contributed by atoms with Gasteiger partial charge in [0, 0.05) is 24.1 Å². The van der Waals surface area contributed by atoms with Gasteiger partial charge in [-0.3, -0.25) is 19.3 Å². The van der Waals surface area contributed by atoms with E-state index < -0.39 is 5.91 Å². The van der Waals surface area contributed by atoms with Crippen LogP contribution in [0.5, 0.6) is 0 Å². The third kappa shape index (κ3) is 4.07. The largest absolute Gasteiger partial charge is 0.364 e. The van der Waals surface area contributed by atoms with Gasteiger partial charge in [0.25, 0.3) is 17.7 Å². The number of nitrogens with one attached hydrogen (secondary N) is 1. The number of H-pyrrole nitrogens is 1. The lowest BCUT2D eigenvalue weighted by Crippen LogP contribution is -2.30. The first-order valence-corrected chi connectivity index (χ1v) is 9.81. The van der Waals surface area contributed by atoms with E-state index in [4.69, 9.17) is 5.73 Å². The van der Waals surface area contributed by atoms with E-state index in [1.54, 1.807) is 30.3 Å². The normalized spacial score (nSPS) is 12.5. The van der Waals surface area contributed by atoms with Crippen LogP contribution < -0.4 is 5.73 Å². The highest BCUT2D eigenvalue weighted by atomic mass is 16.2. The molecule has 0 radical (unpaired) electrons. The maximum absolute atomic E-state index is 12.3. The summed E-state index contributed by atoms with van der Waals surface area (Å²) in [5.41, 5.74) is 8.19. The van der Waals surface area contributed by atoms with Gasteiger partial charge in [0.1, 0.15) is 5.69 Å². The summed E-state index contributed by atoms with van der Waals surface area (Å²) < 4.78 is 0. The van der Waals surface area contributed by atoms with Crippen LogP contribution in [-0.2, 0) is 0 Å². The highest BCUT2D eigenvalue weighted by molar-refractivity contribution is 6.21. The molecule has 0 aliphatic carbocycles. The fourth-order valence-corrected chi connectivity index (χ4v) is 3.44. The summed E-state index contributed by atoms with van der Waals surface area (Å²) in [4.78, 5) is 37.4. The molecule has 3 aromatic rings. The molecule has 0 atom stereocenters. The Labute approximate surface area is 178 Å². The van der Waals surface area contributed by atoms with Crippen molar-refractivity contribution in [3.63, 3.8) is 0 Å². The zero-order valence-corrected chi connectivity index (χ0v) is 16.6. The number of hydrogen-bond acceptors (Lipinski definition) is 5. The van der Waals surface area contributed by atoms with Crippen molar-refractivity contribution < 1.29 is 14.4 Å². The molecule has 154 valence electrons. The van der Waals surface area contributed by atoms with Crippen molar-refractivity contribution in [2.45, 2.75) is 19.3 Å². The standard InChI is InChI=1S/C23H19N5O3/c24-21(29)20-19(25-27-26-20)16-10-7-9-15(14-16)8-3-1-2-6-13-28-22(30)17-11-4-5-12-18(17)23(28)31/h4-5,7,9-12,14H,1-2,6,13H2,(H2,24,29)(H,25,26,27). The Morgan fingerprint density at radius 3 is 2.45 bits per heavy atom. The molecule has 31 heavy (non-hydrogen) atoms. The Balaban J connectivity index is 1.32. The first-order valence-electron chi connectivity index (χ1n) is 9.81. The third-order valence-electron chi connectivity index (χ3n) is 4.96. The minimum absolute atomic E-state index is 0.0817. The van der Waals surface area contributed by atoms with E-state index in [9.17, 15) is 14.4 Å². The van der Waals surface area contributed by atoms with Gasteiger partial charge in [-0.2, -0.15) is 15.4 Å². The Hall–Kier alpha value is -4.25. The zero-order valence-electron chi connectivity index (χ0n) is 16.6. The number of hydrogen-bond donors (Lipinski definition) is 2. The van der Waals surface area contributed by atoms with E-state index in [1.807, 2.05) is 18.2 Å². The molecule has 4 rings (SSSR count). The van der Waals surface area contributed by atoms with Crippen LogP contribution in [0, 0.1) is 11.8 Å². The van der Waals surface area contributed by atoms with Gasteiger partial charge in [0.05, 0.1) is 11.1 Å². The fraction of sp³-hybridized carbons (Fsp3) is 0.174. The summed E-state index contributed by atoms with van der Waals surface area (Å²) in [6.45, 7) is 0.381. The minimum Gasteiger partial charge on any atom is -0.364 e. The van der Waals surface area contributed by atoms with Gasteiger partial charge >= 0.3 is 0 Å². The average molecular weight is 413 g/mol. The van der Waals surface area contributed by atoms with Gasteiger partial charge in [0.2, 0.25) is 0 Å². The van der Waals surface area contributed by atoms with Crippen LogP contribution in [0.25, 0.3) is 11.3 Å². The SMILES string of the molecule is NC(=O)c1n[nH]nc1-c1cccc(C#CCCCCN2C(=O)c3ccccc3C2=O)c1. The zero-order chi connectivity index (χ0) is 21.8. The summed E-state index contributed by atoms with van der Waals surface area (Å²) >= 11 is 0. The Morgan fingerprint density at radius 1 is 1.00 bits per heavy atom. The molecule has 3 N–H and O–H groups in total. The molecule has 1 aromatic heterocycles. The smallest absolute Gasteiger partial charge is 0.271 e. The first-order chi connectivity index (χ1) is 15.1. The lowest BCUT2D eigenvalue weighted by Gasteiger charge is -2.12. The Morgan fingerprint density at radius 2 is 1.74 bits per heavy atom. The molecule has 0 bridgehead atoms. The second-order valence-electron chi connectivity index (χ2n) is 7.03. The van der Waals surface area contributed by atoms with Crippen molar-refractivity contribution >= 4 is 17.7 Å². The van der Waals surface area contributed by atoms with E-state index in [0.29, 0.717) is 41.8 Å². The number of imide groups is 1. The molecule has 1 aliphatic rings. The lowest BCUT2D eigenvalue weighted by molar-refractivity contribution is 0.0651. The molecule has 0 saturated carbocycles. The van der Waals surface area contributed by atoms with Gasteiger partial charge in [-0.25, -0.2) is 0 Å². The number of nitrogens with two attached hydrogens (primary N) is 1. The van der Waals surface area contributed by atoms with Crippen molar-refractivity contribution in [3.8, 4) is 23.1 Å². The van der Waals surface area contributed by atoms with Crippen LogP contribution in [0.15, 0.2) is 48.5 Å². The molecule has 3 amide bonds. The van der Waals surface area contributed by atoms with Crippen molar-refractivity contribution in [2.24, 2.45) is 5.73 Å². The fourth-order valence-electron chi connectivity index (χ4n) is 3.44. The number of benzene rings is 2. The van der Waals surface area contributed by atoms with Gasteiger partial charge < -0.3 is 5.73 Å². The maximum atomic E-state index is 12.3.